The first-order chi connectivity index (χ1) is 11.6. The van der Waals surface area contributed by atoms with E-state index in [-0.39, 0.29) is 11.9 Å². The smallest absolute Gasteiger partial charge is 0.246 e. The van der Waals surface area contributed by atoms with Gasteiger partial charge in [0.05, 0.1) is 19.3 Å². The Morgan fingerprint density at radius 1 is 1.38 bits per heavy atom. The molecule has 1 amide bonds. The summed E-state index contributed by atoms with van der Waals surface area (Å²) in [6, 6.07) is 9.67. The van der Waals surface area contributed by atoms with Crippen molar-refractivity contribution in [2.45, 2.75) is 13.0 Å². The van der Waals surface area contributed by atoms with Gasteiger partial charge in [0.1, 0.15) is 0 Å². The van der Waals surface area contributed by atoms with Crippen LogP contribution >= 0.6 is 11.6 Å². The first-order valence-electron chi connectivity index (χ1n) is 7.83. The van der Waals surface area contributed by atoms with Crippen LogP contribution in [0.3, 0.4) is 0 Å². The Morgan fingerprint density at radius 2 is 2.21 bits per heavy atom. The third kappa shape index (κ3) is 3.50. The van der Waals surface area contributed by atoms with Crippen LogP contribution in [-0.4, -0.2) is 35.5 Å². The van der Waals surface area contributed by atoms with Crippen LogP contribution in [0, 0.1) is 6.92 Å². The number of carbonyl (C=O) groups is 1. The Kier molecular flexibility index (Phi) is 4.97. The van der Waals surface area contributed by atoms with E-state index in [0.29, 0.717) is 24.8 Å². The first-order valence-corrected chi connectivity index (χ1v) is 8.20. The van der Waals surface area contributed by atoms with Crippen LogP contribution in [0.1, 0.15) is 17.3 Å². The highest BCUT2D eigenvalue weighted by atomic mass is 35.5. The third-order valence-electron chi connectivity index (χ3n) is 4.12. The second-order valence-electron chi connectivity index (χ2n) is 5.79. The molecule has 24 heavy (non-hydrogen) atoms. The van der Waals surface area contributed by atoms with Gasteiger partial charge in [-0.05, 0) is 60.0 Å². The van der Waals surface area contributed by atoms with Gasteiger partial charge >= 0.3 is 0 Å². The van der Waals surface area contributed by atoms with E-state index >= 15 is 0 Å². The summed E-state index contributed by atoms with van der Waals surface area (Å²) in [7, 11) is 0. The molecule has 1 aliphatic rings. The number of rotatable bonds is 3. The number of nitrogens with zero attached hydrogens (tertiary/aromatic N) is 2. The zero-order chi connectivity index (χ0) is 17.1. The molecule has 1 atom stereocenters. The lowest BCUT2D eigenvalue weighted by atomic mass is 9.98. The Morgan fingerprint density at radius 3 is 2.96 bits per heavy atom. The number of benzene rings is 1. The fourth-order valence-corrected chi connectivity index (χ4v) is 3.20. The number of morpholine rings is 1. The summed E-state index contributed by atoms with van der Waals surface area (Å²) in [5.41, 5.74) is 3.95. The first kappa shape index (κ1) is 16.7. The zero-order valence-corrected chi connectivity index (χ0v) is 14.3. The van der Waals surface area contributed by atoms with Crippen molar-refractivity contribution in [2.24, 2.45) is 0 Å². The maximum Gasteiger partial charge on any atom is 0.246 e. The molecule has 0 spiro atoms. The molecule has 5 heteroatoms. The molecule has 4 nitrogen and oxygen atoms in total. The lowest BCUT2D eigenvalue weighted by molar-refractivity contribution is -0.134. The van der Waals surface area contributed by atoms with E-state index in [1.807, 2.05) is 31.2 Å². The molecule has 3 rings (SSSR count). The average molecular weight is 343 g/mol. The number of aryl methyl sites for hydroxylation is 1. The van der Waals surface area contributed by atoms with Gasteiger partial charge in [0.15, 0.2) is 0 Å². The number of halogens is 1. The highest BCUT2D eigenvalue weighted by Crippen LogP contribution is 2.31. The van der Waals surface area contributed by atoms with Gasteiger partial charge in [-0.2, -0.15) is 0 Å². The predicted octanol–water partition coefficient (Wildman–Crippen LogP) is 3.80. The van der Waals surface area contributed by atoms with Gasteiger partial charge in [-0.1, -0.05) is 18.2 Å². The van der Waals surface area contributed by atoms with Gasteiger partial charge in [0.25, 0.3) is 0 Å². The van der Waals surface area contributed by atoms with Crippen molar-refractivity contribution in [3.8, 4) is 11.1 Å². The summed E-state index contributed by atoms with van der Waals surface area (Å²) in [4.78, 5) is 18.2. The molecule has 1 saturated heterocycles. The minimum atomic E-state index is -0.162. The number of aromatic nitrogens is 1. The molecule has 0 aliphatic carbocycles. The molecule has 1 aromatic carbocycles. The van der Waals surface area contributed by atoms with Crippen LogP contribution < -0.4 is 0 Å². The minimum Gasteiger partial charge on any atom is -0.377 e. The molecule has 0 saturated carbocycles. The van der Waals surface area contributed by atoms with Crippen LogP contribution in [-0.2, 0) is 9.53 Å². The summed E-state index contributed by atoms with van der Waals surface area (Å²) in [6.45, 7) is 7.08. The van der Waals surface area contributed by atoms with Crippen LogP contribution in [0.25, 0.3) is 11.1 Å². The normalized spacial score (nSPS) is 17.6. The SMILES string of the molecule is C=CC(=O)N1CCOC[C@H]1c1cc(Cl)cc(-c2ccnc(C)c2)c1. The number of hydrogen-bond donors (Lipinski definition) is 0. The van der Waals surface area contributed by atoms with Crippen LogP contribution in [0.15, 0.2) is 49.2 Å². The second-order valence-corrected chi connectivity index (χ2v) is 6.22. The van der Waals surface area contributed by atoms with Gasteiger partial charge in [0.2, 0.25) is 5.91 Å². The topological polar surface area (TPSA) is 42.4 Å². The standard InChI is InChI=1S/C19H19ClN2O2/c1-3-19(23)22-6-7-24-12-18(22)16-9-15(10-17(20)11-16)14-4-5-21-13(2)8-14/h3-5,8-11,18H,1,6-7,12H2,2H3/t18-/m0/s1. The Bertz CT molecular complexity index is 776. The quantitative estimate of drug-likeness (QED) is 0.797. The van der Waals surface area contributed by atoms with Crippen molar-refractivity contribution >= 4 is 17.5 Å². The number of hydrogen-bond acceptors (Lipinski definition) is 3. The van der Waals surface area contributed by atoms with Crippen molar-refractivity contribution in [2.75, 3.05) is 19.8 Å². The zero-order valence-electron chi connectivity index (χ0n) is 13.5. The molecule has 0 N–H and O–H groups in total. The van der Waals surface area contributed by atoms with Gasteiger partial charge < -0.3 is 9.64 Å². The van der Waals surface area contributed by atoms with Gasteiger partial charge in [-0.25, -0.2) is 0 Å². The predicted molar refractivity (Wildman–Crippen MR) is 94.9 cm³/mol. The average Bonchev–Trinajstić information content (AvgIpc) is 2.60. The number of pyridine rings is 1. The molecule has 1 aromatic heterocycles. The molecule has 124 valence electrons. The number of amides is 1. The van der Waals surface area contributed by atoms with E-state index in [4.69, 9.17) is 16.3 Å². The van der Waals surface area contributed by atoms with E-state index < -0.39 is 0 Å². The molecule has 1 aliphatic heterocycles. The molecular weight excluding hydrogens is 324 g/mol. The lowest BCUT2D eigenvalue weighted by Crippen LogP contribution is -2.42. The van der Waals surface area contributed by atoms with E-state index in [2.05, 4.69) is 17.6 Å². The third-order valence-corrected chi connectivity index (χ3v) is 4.34. The summed E-state index contributed by atoms with van der Waals surface area (Å²) in [5, 5.41) is 0.633. The molecule has 0 bridgehead atoms. The van der Waals surface area contributed by atoms with Gasteiger partial charge in [0, 0.05) is 23.5 Å². The monoisotopic (exact) mass is 342 g/mol. The molecule has 0 radical (unpaired) electrons. The Hall–Kier alpha value is -2.17. The molecular formula is C19H19ClN2O2. The van der Waals surface area contributed by atoms with Crippen molar-refractivity contribution in [3.63, 3.8) is 0 Å². The Labute approximate surface area is 146 Å². The number of carbonyl (C=O) groups excluding carboxylic acids is 1. The van der Waals surface area contributed by atoms with Gasteiger partial charge in [-0.3, -0.25) is 9.78 Å². The summed E-state index contributed by atoms with van der Waals surface area (Å²) < 4.78 is 5.58. The summed E-state index contributed by atoms with van der Waals surface area (Å²) >= 11 is 6.34. The van der Waals surface area contributed by atoms with E-state index in [0.717, 1.165) is 22.4 Å². The molecule has 1 fully saturated rings. The van der Waals surface area contributed by atoms with Crippen molar-refractivity contribution in [1.29, 1.82) is 0 Å². The largest absolute Gasteiger partial charge is 0.377 e. The van der Waals surface area contributed by atoms with Crippen molar-refractivity contribution in [3.05, 3.63) is 65.5 Å². The maximum absolute atomic E-state index is 12.1. The van der Waals surface area contributed by atoms with E-state index in [9.17, 15) is 4.79 Å². The Balaban J connectivity index is 2.01. The van der Waals surface area contributed by atoms with E-state index in [1.54, 1.807) is 11.1 Å². The van der Waals surface area contributed by atoms with Crippen LogP contribution in [0.5, 0.6) is 0 Å². The highest BCUT2D eigenvalue weighted by Gasteiger charge is 2.27. The van der Waals surface area contributed by atoms with Gasteiger partial charge in [-0.15, -0.1) is 0 Å². The minimum absolute atomic E-state index is 0.0930. The lowest BCUT2D eigenvalue weighted by Gasteiger charge is -2.35. The van der Waals surface area contributed by atoms with Crippen LogP contribution in [0.2, 0.25) is 5.02 Å². The van der Waals surface area contributed by atoms with E-state index in [1.165, 1.54) is 6.08 Å². The fourth-order valence-electron chi connectivity index (χ4n) is 2.96. The molecule has 2 heterocycles. The van der Waals surface area contributed by atoms with Crippen molar-refractivity contribution in [1.82, 2.24) is 9.88 Å². The summed E-state index contributed by atoms with van der Waals surface area (Å²) in [5.74, 6) is -0.0930. The second kappa shape index (κ2) is 7.16. The van der Waals surface area contributed by atoms with Crippen LogP contribution in [0.4, 0.5) is 0 Å². The highest BCUT2D eigenvalue weighted by molar-refractivity contribution is 6.31. The molecule has 2 aromatic rings. The van der Waals surface area contributed by atoms with Crippen molar-refractivity contribution < 1.29 is 9.53 Å². The fraction of sp³-hybridized carbons (Fsp3) is 0.263. The maximum atomic E-state index is 12.1. The summed E-state index contributed by atoms with van der Waals surface area (Å²) in [6.07, 6.45) is 3.12. The number of ether oxygens (including phenoxy) is 1. The molecule has 0 unspecified atom stereocenters.